The van der Waals surface area contributed by atoms with E-state index in [1.807, 2.05) is 12.1 Å². The molecule has 0 amide bonds. The maximum Gasteiger partial charge on any atom is 0.111 e. The number of allylic oxidation sites excluding steroid dienone is 3. The quantitative estimate of drug-likeness (QED) is 0.336. The van der Waals surface area contributed by atoms with Crippen molar-refractivity contribution in [3.05, 3.63) is 24.8 Å². The molecule has 0 aromatic rings. The van der Waals surface area contributed by atoms with Crippen LogP contribution >= 0.6 is 0 Å². The molecule has 0 N–H and O–H groups in total. The summed E-state index contributed by atoms with van der Waals surface area (Å²) in [5.74, 6) is 0. The van der Waals surface area contributed by atoms with Crippen molar-refractivity contribution in [3.63, 3.8) is 0 Å². The van der Waals surface area contributed by atoms with Crippen molar-refractivity contribution < 1.29 is 0 Å². The standard InChI is InChI=1S/C10H14N2/c1-2-3-4-5-6-7-9-12-10-8-11/h2-4,10H,1,5-7,9H2/b4-3+,12-10?. The van der Waals surface area contributed by atoms with Crippen LogP contribution in [0.1, 0.15) is 19.3 Å². The van der Waals surface area contributed by atoms with E-state index in [9.17, 15) is 0 Å². The summed E-state index contributed by atoms with van der Waals surface area (Å²) in [6.45, 7) is 4.33. The van der Waals surface area contributed by atoms with Crippen LogP contribution in [0.4, 0.5) is 0 Å². The van der Waals surface area contributed by atoms with Crippen molar-refractivity contribution in [2.24, 2.45) is 4.99 Å². The number of aliphatic imine (C=N–C) groups is 1. The van der Waals surface area contributed by atoms with Gasteiger partial charge >= 0.3 is 0 Å². The summed E-state index contributed by atoms with van der Waals surface area (Å²) in [5.41, 5.74) is 0. The Morgan fingerprint density at radius 1 is 1.42 bits per heavy atom. The van der Waals surface area contributed by atoms with E-state index in [0.29, 0.717) is 0 Å². The van der Waals surface area contributed by atoms with Gasteiger partial charge in [0.2, 0.25) is 0 Å². The molecule has 0 aliphatic rings. The van der Waals surface area contributed by atoms with Crippen LogP contribution in [0.25, 0.3) is 0 Å². The first-order valence-electron chi connectivity index (χ1n) is 4.07. The van der Waals surface area contributed by atoms with E-state index in [1.165, 1.54) is 6.21 Å². The summed E-state index contributed by atoms with van der Waals surface area (Å²) >= 11 is 0. The van der Waals surface area contributed by atoms with Crippen molar-refractivity contribution in [3.8, 4) is 6.07 Å². The van der Waals surface area contributed by atoms with Crippen LogP contribution in [0, 0.1) is 11.3 Å². The fourth-order valence-electron chi connectivity index (χ4n) is 0.763. The lowest BCUT2D eigenvalue weighted by atomic mass is 10.2. The predicted octanol–water partition coefficient (Wildman–Crippen LogP) is 2.49. The molecule has 2 heteroatoms. The first-order valence-corrected chi connectivity index (χ1v) is 4.07. The van der Waals surface area contributed by atoms with Crippen molar-refractivity contribution in [2.75, 3.05) is 6.54 Å². The van der Waals surface area contributed by atoms with Crippen molar-refractivity contribution in [2.45, 2.75) is 19.3 Å². The van der Waals surface area contributed by atoms with E-state index in [-0.39, 0.29) is 0 Å². The molecule has 0 heterocycles. The lowest BCUT2D eigenvalue weighted by Crippen LogP contribution is -1.80. The molecule has 0 aliphatic heterocycles. The Balaban J connectivity index is 3.12. The fourth-order valence-corrected chi connectivity index (χ4v) is 0.763. The third-order valence-corrected chi connectivity index (χ3v) is 1.33. The summed E-state index contributed by atoms with van der Waals surface area (Å²) < 4.78 is 0. The molecule has 0 spiro atoms. The normalized spacial score (nSPS) is 10.6. The molecule has 0 saturated heterocycles. The van der Waals surface area contributed by atoms with Gasteiger partial charge in [0.05, 0.1) is 6.21 Å². The minimum atomic E-state index is 0.759. The minimum absolute atomic E-state index is 0.759. The van der Waals surface area contributed by atoms with Gasteiger partial charge in [-0.3, -0.25) is 4.99 Å². The Bertz CT molecular complexity index is 196. The highest BCUT2D eigenvalue weighted by Crippen LogP contribution is 1.96. The zero-order chi connectivity index (χ0) is 9.07. The molecule has 0 aromatic carbocycles. The number of nitrogens with zero attached hydrogens (tertiary/aromatic N) is 2. The van der Waals surface area contributed by atoms with Crippen LogP contribution in [-0.4, -0.2) is 12.8 Å². The Hall–Kier alpha value is -1.36. The molecule has 0 aromatic heterocycles. The summed E-state index contributed by atoms with van der Waals surface area (Å²) in [4.78, 5) is 3.88. The number of hydrogen-bond acceptors (Lipinski definition) is 2. The van der Waals surface area contributed by atoms with Crippen LogP contribution in [0.5, 0.6) is 0 Å². The number of unbranched alkanes of at least 4 members (excludes halogenated alkanes) is 2. The van der Waals surface area contributed by atoms with Crippen molar-refractivity contribution in [1.29, 1.82) is 5.26 Å². The largest absolute Gasteiger partial charge is 0.282 e. The second-order valence-electron chi connectivity index (χ2n) is 2.32. The van der Waals surface area contributed by atoms with E-state index in [4.69, 9.17) is 5.26 Å². The highest BCUT2D eigenvalue weighted by atomic mass is 14.7. The first kappa shape index (κ1) is 10.6. The molecular formula is C10H14N2. The lowest BCUT2D eigenvalue weighted by molar-refractivity contribution is 0.761. The van der Waals surface area contributed by atoms with E-state index < -0.39 is 0 Å². The van der Waals surface area contributed by atoms with Gasteiger partial charge in [-0.05, 0) is 19.3 Å². The highest BCUT2D eigenvalue weighted by molar-refractivity contribution is 5.74. The summed E-state index contributed by atoms with van der Waals surface area (Å²) in [6, 6.07) is 1.86. The van der Waals surface area contributed by atoms with Gasteiger partial charge in [-0.2, -0.15) is 5.26 Å². The van der Waals surface area contributed by atoms with Crippen LogP contribution in [0.2, 0.25) is 0 Å². The van der Waals surface area contributed by atoms with Gasteiger partial charge in [0.1, 0.15) is 6.07 Å². The van der Waals surface area contributed by atoms with Gasteiger partial charge < -0.3 is 0 Å². The summed E-state index contributed by atoms with van der Waals surface area (Å²) in [5, 5.41) is 8.12. The zero-order valence-corrected chi connectivity index (χ0v) is 7.24. The van der Waals surface area contributed by atoms with E-state index >= 15 is 0 Å². The average Bonchev–Trinajstić information content (AvgIpc) is 2.10. The molecular weight excluding hydrogens is 148 g/mol. The maximum atomic E-state index is 8.12. The van der Waals surface area contributed by atoms with E-state index in [2.05, 4.69) is 17.6 Å². The minimum Gasteiger partial charge on any atom is -0.282 e. The Labute approximate surface area is 73.9 Å². The monoisotopic (exact) mass is 162 g/mol. The highest BCUT2D eigenvalue weighted by Gasteiger charge is 1.82. The van der Waals surface area contributed by atoms with Gasteiger partial charge in [0.25, 0.3) is 0 Å². The molecule has 0 aliphatic carbocycles. The molecule has 0 unspecified atom stereocenters. The number of hydrogen-bond donors (Lipinski definition) is 0. The third kappa shape index (κ3) is 8.64. The molecule has 0 fully saturated rings. The summed E-state index contributed by atoms with van der Waals surface area (Å²) in [7, 11) is 0. The van der Waals surface area contributed by atoms with Gasteiger partial charge in [0.15, 0.2) is 0 Å². The van der Waals surface area contributed by atoms with Crippen LogP contribution < -0.4 is 0 Å². The van der Waals surface area contributed by atoms with Gasteiger partial charge in [-0.15, -0.1) is 0 Å². The van der Waals surface area contributed by atoms with Crippen molar-refractivity contribution >= 4 is 6.21 Å². The fraction of sp³-hybridized carbons (Fsp3) is 0.400. The average molecular weight is 162 g/mol. The molecule has 64 valence electrons. The Morgan fingerprint density at radius 3 is 2.92 bits per heavy atom. The summed E-state index contributed by atoms with van der Waals surface area (Å²) in [6.07, 6.45) is 10.3. The molecule has 0 rings (SSSR count). The Kier molecular flexibility index (Phi) is 8.55. The second-order valence-corrected chi connectivity index (χ2v) is 2.32. The Morgan fingerprint density at radius 2 is 2.25 bits per heavy atom. The van der Waals surface area contributed by atoms with E-state index in [0.717, 1.165) is 25.8 Å². The molecule has 0 bridgehead atoms. The maximum absolute atomic E-state index is 8.12. The second kappa shape index (κ2) is 9.64. The van der Waals surface area contributed by atoms with E-state index in [1.54, 1.807) is 6.08 Å². The number of rotatable bonds is 6. The van der Waals surface area contributed by atoms with Gasteiger partial charge in [-0.25, -0.2) is 0 Å². The lowest BCUT2D eigenvalue weighted by Gasteiger charge is -1.90. The van der Waals surface area contributed by atoms with Gasteiger partial charge in [0, 0.05) is 6.54 Å². The van der Waals surface area contributed by atoms with Crippen molar-refractivity contribution in [1.82, 2.24) is 0 Å². The molecule has 0 saturated carbocycles. The molecule has 0 radical (unpaired) electrons. The molecule has 12 heavy (non-hydrogen) atoms. The van der Waals surface area contributed by atoms with Crippen LogP contribution in [0.15, 0.2) is 29.8 Å². The number of nitriles is 1. The SMILES string of the molecule is C=C/C=C/CCCCN=CC#N. The molecule has 2 nitrogen and oxygen atoms in total. The topological polar surface area (TPSA) is 36.1 Å². The van der Waals surface area contributed by atoms with Crippen LogP contribution in [-0.2, 0) is 0 Å². The third-order valence-electron chi connectivity index (χ3n) is 1.33. The van der Waals surface area contributed by atoms with Gasteiger partial charge in [-0.1, -0.05) is 24.8 Å². The molecule has 0 atom stereocenters. The van der Waals surface area contributed by atoms with Crippen LogP contribution in [0.3, 0.4) is 0 Å². The first-order chi connectivity index (χ1) is 5.91. The smallest absolute Gasteiger partial charge is 0.111 e. The zero-order valence-electron chi connectivity index (χ0n) is 7.24. The predicted molar refractivity (Wildman–Crippen MR) is 52.2 cm³/mol.